The second-order valence-electron chi connectivity index (χ2n) is 3.91. The maximum atomic E-state index is 11.1. The van der Waals surface area contributed by atoms with Crippen molar-refractivity contribution < 1.29 is 9.90 Å². The van der Waals surface area contributed by atoms with Gasteiger partial charge in [0.2, 0.25) is 0 Å². The Kier molecular flexibility index (Phi) is 7.06. The average Bonchev–Trinajstić information content (AvgIpc) is 2.18. The van der Waals surface area contributed by atoms with E-state index in [2.05, 4.69) is 19.6 Å². The van der Waals surface area contributed by atoms with Gasteiger partial charge in [-0.3, -0.25) is 4.79 Å². The molecule has 0 saturated heterocycles. The summed E-state index contributed by atoms with van der Waals surface area (Å²) in [4.78, 5) is 11.1. The summed E-state index contributed by atoms with van der Waals surface area (Å²) in [7, 11) is 0. The SMILES string of the molecule is CCCCCCC(CC)(CS)C(=O)O. The molecular weight excluding hydrogens is 196 g/mol. The lowest BCUT2D eigenvalue weighted by Gasteiger charge is -2.25. The third kappa shape index (κ3) is 3.91. The zero-order chi connectivity index (χ0) is 11.0. The van der Waals surface area contributed by atoms with E-state index < -0.39 is 11.4 Å². The molecule has 0 amide bonds. The molecule has 0 radical (unpaired) electrons. The molecule has 0 aliphatic carbocycles. The van der Waals surface area contributed by atoms with Gasteiger partial charge in [-0.2, -0.15) is 12.6 Å². The fourth-order valence-electron chi connectivity index (χ4n) is 1.58. The quantitative estimate of drug-likeness (QED) is 0.484. The maximum absolute atomic E-state index is 11.1. The van der Waals surface area contributed by atoms with Crippen LogP contribution in [0.15, 0.2) is 0 Å². The Morgan fingerprint density at radius 1 is 1.29 bits per heavy atom. The summed E-state index contributed by atoms with van der Waals surface area (Å²) in [6.07, 6.45) is 5.98. The van der Waals surface area contributed by atoms with E-state index in [4.69, 9.17) is 5.11 Å². The van der Waals surface area contributed by atoms with Crippen LogP contribution in [0.3, 0.4) is 0 Å². The van der Waals surface area contributed by atoms with Gasteiger partial charge in [-0.15, -0.1) is 0 Å². The third-order valence-corrected chi connectivity index (χ3v) is 3.55. The van der Waals surface area contributed by atoms with Crippen molar-refractivity contribution in [2.75, 3.05) is 5.75 Å². The van der Waals surface area contributed by atoms with Crippen LogP contribution in [-0.2, 0) is 4.79 Å². The van der Waals surface area contributed by atoms with Crippen molar-refractivity contribution in [3.63, 3.8) is 0 Å². The highest BCUT2D eigenvalue weighted by Gasteiger charge is 2.34. The molecule has 0 heterocycles. The van der Waals surface area contributed by atoms with Gasteiger partial charge in [0.15, 0.2) is 0 Å². The van der Waals surface area contributed by atoms with E-state index >= 15 is 0 Å². The van der Waals surface area contributed by atoms with Crippen LogP contribution < -0.4 is 0 Å². The highest BCUT2D eigenvalue weighted by Crippen LogP contribution is 2.30. The van der Waals surface area contributed by atoms with Crippen LogP contribution in [0.25, 0.3) is 0 Å². The van der Waals surface area contributed by atoms with Crippen molar-refractivity contribution in [1.82, 2.24) is 0 Å². The van der Waals surface area contributed by atoms with Crippen LogP contribution in [0.4, 0.5) is 0 Å². The molecular formula is C11H22O2S. The van der Waals surface area contributed by atoms with E-state index in [9.17, 15) is 4.79 Å². The summed E-state index contributed by atoms with van der Waals surface area (Å²) in [5.41, 5.74) is -0.586. The molecule has 84 valence electrons. The Bertz CT molecular complexity index is 165. The summed E-state index contributed by atoms with van der Waals surface area (Å²) < 4.78 is 0. The largest absolute Gasteiger partial charge is 0.481 e. The number of rotatable bonds is 8. The van der Waals surface area contributed by atoms with Gasteiger partial charge >= 0.3 is 5.97 Å². The second-order valence-corrected chi connectivity index (χ2v) is 4.22. The minimum Gasteiger partial charge on any atom is -0.481 e. The average molecular weight is 218 g/mol. The lowest BCUT2D eigenvalue weighted by atomic mass is 9.82. The monoisotopic (exact) mass is 218 g/mol. The minimum absolute atomic E-state index is 0.449. The van der Waals surface area contributed by atoms with Crippen molar-refractivity contribution in [3.05, 3.63) is 0 Å². The zero-order valence-electron chi connectivity index (χ0n) is 9.25. The normalized spacial score (nSPS) is 15.1. The Balaban J connectivity index is 4.02. The van der Waals surface area contributed by atoms with Crippen molar-refractivity contribution in [2.45, 2.75) is 52.4 Å². The van der Waals surface area contributed by atoms with Gasteiger partial charge in [-0.1, -0.05) is 39.5 Å². The number of hydrogen-bond acceptors (Lipinski definition) is 2. The molecule has 0 aliphatic rings. The van der Waals surface area contributed by atoms with Crippen LogP contribution in [0.1, 0.15) is 52.4 Å². The first-order valence-electron chi connectivity index (χ1n) is 5.47. The van der Waals surface area contributed by atoms with E-state index in [1.807, 2.05) is 6.92 Å². The molecule has 0 spiro atoms. The number of carbonyl (C=O) groups is 1. The number of hydrogen-bond donors (Lipinski definition) is 2. The van der Waals surface area contributed by atoms with E-state index in [0.717, 1.165) is 19.3 Å². The van der Waals surface area contributed by atoms with E-state index in [1.54, 1.807) is 0 Å². The number of carboxylic acid groups (broad SMARTS) is 1. The molecule has 1 unspecified atom stereocenters. The van der Waals surface area contributed by atoms with Crippen molar-refractivity contribution in [1.29, 1.82) is 0 Å². The first-order chi connectivity index (χ1) is 6.63. The number of thiol groups is 1. The molecule has 0 rings (SSSR count). The molecule has 2 nitrogen and oxygen atoms in total. The van der Waals surface area contributed by atoms with Crippen LogP contribution in [0, 0.1) is 5.41 Å². The van der Waals surface area contributed by atoms with Gasteiger partial charge < -0.3 is 5.11 Å². The second kappa shape index (κ2) is 7.16. The summed E-state index contributed by atoms with van der Waals surface area (Å²) in [6, 6.07) is 0. The minimum atomic E-state index is -0.688. The molecule has 0 saturated carbocycles. The smallest absolute Gasteiger partial charge is 0.310 e. The molecule has 1 atom stereocenters. The Labute approximate surface area is 92.5 Å². The first-order valence-corrected chi connectivity index (χ1v) is 6.10. The van der Waals surface area contributed by atoms with Crippen LogP contribution in [0.5, 0.6) is 0 Å². The van der Waals surface area contributed by atoms with Gasteiger partial charge in [0, 0.05) is 5.75 Å². The first kappa shape index (κ1) is 13.8. The van der Waals surface area contributed by atoms with Gasteiger partial charge in [-0.25, -0.2) is 0 Å². The van der Waals surface area contributed by atoms with E-state index in [1.165, 1.54) is 12.8 Å². The summed E-state index contributed by atoms with van der Waals surface area (Å²) in [6.45, 7) is 4.09. The fourth-order valence-corrected chi connectivity index (χ4v) is 2.10. The number of carboxylic acids is 1. The molecule has 0 aromatic carbocycles. The highest BCUT2D eigenvalue weighted by atomic mass is 32.1. The van der Waals surface area contributed by atoms with Crippen molar-refractivity contribution >= 4 is 18.6 Å². The predicted molar refractivity (Wildman–Crippen MR) is 63.0 cm³/mol. The lowest BCUT2D eigenvalue weighted by molar-refractivity contribution is -0.148. The molecule has 0 bridgehead atoms. The molecule has 0 aliphatic heterocycles. The highest BCUT2D eigenvalue weighted by molar-refractivity contribution is 7.80. The van der Waals surface area contributed by atoms with Crippen molar-refractivity contribution in [2.24, 2.45) is 5.41 Å². The van der Waals surface area contributed by atoms with Crippen LogP contribution >= 0.6 is 12.6 Å². The number of aliphatic carboxylic acids is 1. The van der Waals surface area contributed by atoms with Gasteiger partial charge in [0.25, 0.3) is 0 Å². The molecule has 3 heteroatoms. The fraction of sp³-hybridized carbons (Fsp3) is 0.909. The topological polar surface area (TPSA) is 37.3 Å². The zero-order valence-corrected chi connectivity index (χ0v) is 10.1. The lowest BCUT2D eigenvalue weighted by Crippen LogP contribution is -2.32. The predicted octanol–water partition coefficient (Wildman–Crippen LogP) is 3.37. The van der Waals surface area contributed by atoms with Gasteiger partial charge in [0.1, 0.15) is 0 Å². The van der Waals surface area contributed by atoms with Gasteiger partial charge in [-0.05, 0) is 12.8 Å². The summed E-state index contributed by atoms with van der Waals surface area (Å²) >= 11 is 4.16. The van der Waals surface area contributed by atoms with Crippen LogP contribution in [0.2, 0.25) is 0 Å². The molecule has 1 N–H and O–H groups in total. The maximum Gasteiger partial charge on any atom is 0.310 e. The summed E-state index contributed by atoms with van der Waals surface area (Å²) in [5, 5.41) is 9.13. The molecule has 0 aromatic rings. The van der Waals surface area contributed by atoms with E-state index in [0.29, 0.717) is 12.2 Å². The van der Waals surface area contributed by atoms with Crippen LogP contribution in [-0.4, -0.2) is 16.8 Å². The van der Waals surface area contributed by atoms with Crippen molar-refractivity contribution in [3.8, 4) is 0 Å². The Morgan fingerprint density at radius 2 is 1.93 bits per heavy atom. The van der Waals surface area contributed by atoms with E-state index in [-0.39, 0.29) is 0 Å². The summed E-state index contributed by atoms with van der Waals surface area (Å²) in [5.74, 6) is -0.239. The Morgan fingerprint density at radius 3 is 2.29 bits per heavy atom. The third-order valence-electron chi connectivity index (χ3n) is 2.94. The molecule has 0 fully saturated rings. The molecule has 0 aromatic heterocycles. The van der Waals surface area contributed by atoms with Gasteiger partial charge in [0.05, 0.1) is 5.41 Å². The standard InChI is InChI=1S/C11H22O2S/c1-3-5-6-7-8-11(4-2,9-14)10(12)13/h14H,3-9H2,1-2H3,(H,12,13). The molecule has 14 heavy (non-hydrogen) atoms. The number of unbranched alkanes of at least 4 members (excludes halogenated alkanes) is 3. The Hall–Kier alpha value is -0.180.